The molecular weight excluding hydrogens is 465 g/mol. The van der Waals surface area contributed by atoms with E-state index < -0.39 is 17.4 Å². The highest BCUT2D eigenvalue weighted by Gasteiger charge is 2.30. The number of anilines is 2. The zero-order valence-corrected chi connectivity index (χ0v) is 19.5. The summed E-state index contributed by atoms with van der Waals surface area (Å²) in [4.78, 5) is 33.1. The predicted octanol–water partition coefficient (Wildman–Crippen LogP) is 3.07. The van der Waals surface area contributed by atoms with Crippen LogP contribution in [0.25, 0.3) is 11.2 Å². The first-order valence-electron chi connectivity index (χ1n) is 10.4. The normalized spacial score (nSPS) is 15.8. The van der Waals surface area contributed by atoms with Crippen LogP contribution in [0.3, 0.4) is 0 Å². The zero-order chi connectivity index (χ0) is 23.4. The number of nitrogens with zero attached hydrogens (tertiary/aromatic N) is 5. The lowest BCUT2D eigenvalue weighted by atomic mass is 10.2. The second-order valence-corrected chi connectivity index (χ2v) is 9.11. The van der Waals surface area contributed by atoms with Crippen molar-refractivity contribution in [3.8, 4) is 0 Å². The first-order valence-corrected chi connectivity index (χ1v) is 11.2. The van der Waals surface area contributed by atoms with Crippen LogP contribution in [0.5, 0.6) is 0 Å². The minimum absolute atomic E-state index is 0.0117. The SMILES string of the molecule is Cc1ccc(N2C[C@H](O)Cn3c2nc2c3c(=O)n(Cc3ccc(Cl)cc3Cl)c(=O)n2C)cc1. The van der Waals surface area contributed by atoms with Crippen LogP contribution in [0.1, 0.15) is 11.1 Å². The van der Waals surface area contributed by atoms with Gasteiger partial charge in [-0.25, -0.2) is 4.79 Å². The molecule has 3 heterocycles. The van der Waals surface area contributed by atoms with E-state index in [1.165, 1.54) is 4.57 Å². The summed E-state index contributed by atoms with van der Waals surface area (Å²) in [7, 11) is 1.58. The Hall–Kier alpha value is -3.07. The Morgan fingerprint density at radius 3 is 2.52 bits per heavy atom. The number of imidazole rings is 1. The summed E-state index contributed by atoms with van der Waals surface area (Å²) in [6.45, 7) is 2.51. The van der Waals surface area contributed by atoms with Crippen LogP contribution in [0.2, 0.25) is 10.0 Å². The molecule has 0 spiro atoms. The Balaban J connectivity index is 1.71. The van der Waals surface area contributed by atoms with E-state index in [2.05, 4.69) is 4.98 Å². The highest BCUT2D eigenvalue weighted by Crippen LogP contribution is 2.31. The van der Waals surface area contributed by atoms with E-state index in [-0.39, 0.29) is 24.3 Å². The van der Waals surface area contributed by atoms with Gasteiger partial charge in [0.25, 0.3) is 5.56 Å². The highest BCUT2D eigenvalue weighted by molar-refractivity contribution is 6.35. The predicted molar refractivity (Wildman–Crippen MR) is 129 cm³/mol. The Morgan fingerprint density at radius 2 is 1.82 bits per heavy atom. The molecule has 0 bridgehead atoms. The van der Waals surface area contributed by atoms with Gasteiger partial charge in [0.1, 0.15) is 0 Å². The average molecular weight is 486 g/mol. The number of halogens is 2. The lowest BCUT2D eigenvalue weighted by Crippen LogP contribution is -2.42. The topological polar surface area (TPSA) is 85.3 Å². The minimum atomic E-state index is -0.716. The van der Waals surface area contributed by atoms with Crippen LogP contribution in [-0.4, -0.2) is 36.4 Å². The van der Waals surface area contributed by atoms with Crippen molar-refractivity contribution in [2.75, 3.05) is 11.4 Å². The van der Waals surface area contributed by atoms with Crippen LogP contribution in [-0.2, 0) is 20.1 Å². The third-order valence-corrected chi connectivity index (χ3v) is 6.52. The van der Waals surface area contributed by atoms with Gasteiger partial charge in [0, 0.05) is 22.8 Å². The lowest BCUT2D eigenvalue weighted by molar-refractivity contribution is 0.154. The van der Waals surface area contributed by atoms with Crippen molar-refractivity contribution in [2.45, 2.75) is 26.1 Å². The van der Waals surface area contributed by atoms with Crippen LogP contribution < -0.4 is 16.1 Å². The molecule has 0 saturated carbocycles. The molecule has 33 heavy (non-hydrogen) atoms. The highest BCUT2D eigenvalue weighted by atomic mass is 35.5. The molecule has 1 aliphatic rings. The number of benzene rings is 2. The standard InChI is InChI=1S/C23H21Cl2N5O3/c1-13-3-7-16(8-4-13)28-11-17(31)12-29-19-20(26-22(28)29)27(2)23(33)30(21(19)32)10-14-5-6-15(24)9-18(14)25/h3-9,17,31H,10-12H2,1-2H3/t17-/m0/s1. The van der Waals surface area contributed by atoms with Crippen LogP contribution in [0, 0.1) is 6.92 Å². The van der Waals surface area contributed by atoms with Crippen molar-refractivity contribution in [2.24, 2.45) is 7.05 Å². The maximum atomic E-state index is 13.5. The maximum Gasteiger partial charge on any atom is 0.332 e. The second kappa shape index (κ2) is 8.06. The average Bonchev–Trinajstić information content (AvgIpc) is 3.16. The fourth-order valence-corrected chi connectivity index (χ4v) is 4.67. The third-order valence-electron chi connectivity index (χ3n) is 5.93. The molecule has 1 atom stereocenters. The summed E-state index contributed by atoms with van der Waals surface area (Å²) in [5.41, 5.74) is 2.08. The van der Waals surface area contributed by atoms with Gasteiger partial charge in [-0.3, -0.25) is 13.9 Å². The van der Waals surface area contributed by atoms with Gasteiger partial charge in [0.05, 0.1) is 25.7 Å². The van der Waals surface area contributed by atoms with E-state index in [9.17, 15) is 14.7 Å². The molecule has 2 aromatic heterocycles. The molecule has 0 radical (unpaired) electrons. The van der Waals surface area contributed by atoms with Crippen molar-refractivity contribution in [1.29, 1.82) is 0 Å². The van der Waals surface area contributed by atoms with Crippen LogP contribution in [0.15, 0.2) is 52.1 Å². The van der Waals surface area contributed by atoms with Crippen LogP contribution >= 0.6 is 23.2 Å². The number of aliphatic hydroxyl groups is 1. The fraction of sp³-hybridized carbons (Fsp3) is 0.261. The van der Waals surface area contributed by atoms with Gasteiger partial charge in [0.15, 0.2) is 11.2 Å². The maximum absolute atomic E-state index is 13.5. The number of aliphatic hydroxyl groups excluding tert-OH is 1. The summed E-state index contributed by atoms with van der Waals surface area (Å²) in [5.74, 6) is 0.508. The van der Waals surface area contributed by atoms with Crippen molar-refractivity contribution in [3.05, 3.63) is 84.5 Å². The molecule has 10 heteroatoms. The van der Waals surface area contributed by atoms with Gasteiger partial charge < -0.3 is 14.6 Å². The zero-order valence-electron chi connectivity index (χ0n) is 18.0. The third kappa shape index (κ3) is 3.64. The molecule has 2 aromatic carbocycles. The Labute approximate surface area is 198 Å². The van der Waals surface area contributed by atoms with E-state index in [1.807, 2.05) is 36.1 Å². The summed E-state index contributed by atoms with van der Waals surface area (Å²) in [6, 6.07) is 12.8. The molecule has 0 saturated heterocycles. The Kier molecular flexibility index (Phi) is 5.31. The molecule has 0 fully saturated rings. The van der Waals surface area contributed by atoms with E-state index in [0.29, 0.717) is 28.1 Å². The molecule has 1 aliphatic heterocycles. The number of aromatic nitrogens is 4. The number of β-amino-alcohol motifs (C(OH)–C–C–N with tert-alkyl or cyclic N) is 1. The van der Waals surface area contributed by atoms with Gasteiger partial charge in [-0.2, -0.15) is 4.98 Å². The van der Waals surface area contributed by atoms with Gasteiger partial charge in [-0.1, -0.05) is 47.0 Å². The number of fused-ring (bicyclic) bond motifs is 3. The van der Waals surface area contributed by atoms with Crippen molar-refractivity contribution >= 4 is 46.0 Å². The fourth-order valence-electron chi connectivity index (χ4n) is 4.21. The smallest absolute Gasteiger partial charge is 0.332 e. The van der Waals surface area contributed by atoms with E-state index in [4.69, 9.17) is 23.2 Å². The number of rotatable bonds is 3. The molecule has 0 unspecified atom stereocenters. The quantitative estimate of drug-likeness (QED) is 0.481. The Bertz CT molecular complexity index is 1500. The van der Waals surface area contributed by atoms with Crippen molar-refractivity contribution < 1.29 is 5.11 Å². The minimum Gasteiger partial charge on any atom is -0.389 e. The summed E-state index contributed by atoms with van der Waals surface area (Å²) in [6.07, 6.45) is -0.716. The summed E-state index contributed by atoms with van der Waals surface area (Å²) in [5, 5.41) is 11.4. The van der Waals surface area contributed by atoms with Crippen molar-refractivity contribution in [1.82, 2.24) is 18.7 Å². The van der Waals surface area contributed by atoms with Gasteiger partial charge in [-0.05, 0) is 36.8 Å². The number of aryl methyl sites for hydroxylation is 2. The molecule has 4 aromatic rings. The first kappa shape index (κ1) is 21.8. The molecule has 5 rings (SSSR count). The monoisotopic (exact) mass is 485 g/mol. The van der Waals surface area contributed by atoms with Gasteiger partial charge in [0.2, 0.25) is 5.95 Å². The molecular formula is C23H21Cl2N5O3. The summed E-state index contributed by atoms with van der Waals surface area (Å²) >= 11 is 12.3. The lowest BCUT2D eigenvalue weighted by Gasteiger charge is -2.32. The first-order chi connectivity index (χ1) is 15.7. The van der Waals surface area contributed by atoms with Gasteiger partial charge in [-0.15, -0.1) is 0 Å². The molecule has 0 amide bonds. The molecule has 8 nitrogen and oxygen atoms in total. The van der Waals surface area contributed by atoms with Crippen molar-refractivity contribution in [3.63, 3.8) is 0 Å². The van der Waals surface area contributed by atoms with E-state index >= 15 is 0 Å². The van der Waals surface area contributed by atoms with E-state index in [0.717, 1.165) is 15.8 Å². The van der Waals surface area contributed by atoms with Gasteiger partial charge >= 0.3 is 5.69 Å². The molecule has 1 N–H and O–H groups in total. The van der Waals surface area contributed by atoms with E-state index in [1.54, 1.807) is 29.8 Å². The molecule has 170 valence electrons. The second-order valence-electron chi connectivity index (χ2n) is 8.26. The number of hydrogen-bond donors (Lipinski definition) is 1. The van der Waals surface area contributed by atoms with Crippen LogP contribution in [0.4, 0.5) is 11.6 Å². The number of hydrogen-bond acceptors (Lipinski definition) is 5. The molecule has 0 aliphatic carbocycles. The Morgan fingerprint density at radius 1 is 1.09 bits per heavy atom. The largest absolute Gasteiger partial charge is 0.389 e. The summed E-state index contributed by atoms with van der Waals surface area (Å²) < 4.78 is 4.17.